The van der Waals surface area contributed by atoms with E-state index in [1.807, 2.05) is 36.4 Å². The number of nitrogens with zero attached hydrogens (tertiary/aromatic N) is 3. The second kappa shape index (κ2) is 6.80. The summed E-state index contributed by atoms with van der Waals surface area (Å²) in [5.41, 5.74) is 3.84. The van der Waals surface area contributed by atoms with Crippen LogP contribution in [0.15, 0.2) is 73.3 Å². The highest BCUT2D eigenvalue weighted by Gasteiger charge is 2.10. The Hall–Kier alpha value is -3.47. The summed E-state index contributed by atoms with van der Waals surface area (Å²) in [6, 6.07) is 18.0. The average molecular weight is 342 g/mol. The summed E-state index contributed by atoms with van der Waals surface area (Å²) in [4.78, 5) is 12.8. The minimum absolute atomic E-state index is 0.111. The fraction of sp³-hybridized carbons (Fsp3) is 0.0952. The van der Waals surface area contributed by atoms with Crippen molar-refractivity contribution in [2.75, 3.05) is 5.32 Å². The van der Waals surface area contributed by atoms with Gasteiger partial charge in [0, 0.05) is 23.2 Å². The number of fused-ring (bicyclic) bond motifs is 1. The SMILES string of the molecule is CC(Nc1ncnc2ccc(-c3cncc(O)c3)cc12)c1ccccc1. The van der Waals surface area contributed by atoms with Crippen LogP contribution < -0.4 is 5.32 Å². The van der Waals surface area contributed by atoms with E-state index in [0.717, 1.165) is 27.8 Å². The van der Waals surface area contributed by atoms with Gasteiger partial charge in [-0.25, -0.2) is 9.97 Å². The third-order valence-electron chi connectivity index (χ3n) is 4.35. The van der Waals surface area contributed by atoms with Crippen LogP contribution in [0.5, 0.6) is 5.75 Å². The van der Waals surface area contributed by atoms with Crippen molar-refractivity contribution in [3.8, 4) is 16.9 Å². The molecule has 5 nitrogen and oxygen atoms in total. The Morgan fingerprint density at radius 1 is 0.923 bits per heavy atom. The lowest BCUT2D eigenvalue weighted by Crippen LogP contribution is -2.08. The molecule has 4 aromatic rings. The summed E-state index contributed by atoms with van der Waals surface area (Å²) in [5, 5.41) is 14.1. The van der Waals surface area contributed by atoms with Gasteiger partial charge in [0.25, 0.3) is 0 Å². The molecule has 2 aromatic carbocycles. The smallest absolute Gasteiger partial charge is 0.137 e. The van der Waals surface area contributed by atoms with Gasteiger partial charge >= 0.3 is 0 Å². The van der Waals surface area contributed by atoms with Gasteiger partial charge in [0.05, 0.1) is 11.7 Å². The van der Waals surface area contributed by atoms with E-state index in [2.05, 4.69) is 39.3 Å². The molecule has 5 heteroatoms. The number of rotatable bonds is 4. The van der Waals surface area contributed by atoms with Crippen molar-refractivity contribution in [3.05, 3.63) is 78.9 Å². The Labute approximate surface area is 151 Å². The lowest BCUT2D eigenvalue weighted by Gasteiger charge is -2.16. The summed E-state index contributed by atoms with van der Waals surface area (Å²) in [6.07, 6.45) is 4.71. The van der Waals surface area contributed by atoms with Crippen LogP contribution in [0.1, 0.15) is 18.5 Å². The van der Waals surface area contributed by atoms with Crippen LogP contribution in [0.25, 0.3) is 22.0 Å². The summed E-state index contributed by atoms with van der Waals surface area (Å²) in [7, 11) is 0. The molecular formula is C21H18N4O. The molecule has 0 aliphatic rings. The first kappa shape index (κ1) is 16.0. The van der Waals surface area contributed by atoms with Gasteiger partial charge in [-0.1, -0.05) is 36.4 Å². The molecule has 2 N–H and O–H groups in total. The Kier molecular flexibility index (Phi) is 4.19. The van der Waals surface area contributed by atoms with E-state index in [9.17, 15) is 5.11 Å². The molecule has 0 aliphatic heterocycles. The highest BCUT2D eigenvalue weighted by atomic mass is 16.3. The van der Waals surface area contributed by atoms with Crippen molar-refractivity contribution in [1.29, 1.82) is 0 Å². The first-order valence-electron chi connectivity index (χ1n) is 8.41. The zero-order chi connectivity index (χ0) is 17.9. The molecule has 0 radical (unpaired) electrons. The van der Waals surface area contributed by atoms with Crippen molar-refractivity contribution in [2.24, 2.45) is 0 Å². The maximum Gasteiger partial charge on any atom is 0.137 e. The quantitative estimate of drug-likeness (QED) is 0.568. The van der Waals surface area contributed by atoms with Gasteiger partial charge < -0.3 is 10.4 Å². The second-order valence-corrected chi connectivity index (χ2v) is 6.16. The van der Waals surface area contributed by atoms with E-state index in [4.69, 9.17) is 0 Å². The van der Waals surface area contributed by atoms with Crippen LogP contribution in [-0.4, -0.2) is 20.1 Å². The molecule has 1 unspecified atom stereocenters. The van der Waals surface area contributed by atoms with Crippen molar-refractivity contribution >= 4 is 16.7 Å². The van der Waals surface area contributed by atoms with Crippen molar-refractivity contribution < 1.29 is 5.11 Å². The molecule has 128 valence electrons. The van der Waals surface area contributed by atoms with Gasteiger partial charge in [-0.3, -0.25) is 4.98 Å². The summed E-state index contributed by atoms with van der Waals surface area (Å²) in [5.74, 6) is 0.921. The molecule has 0 amide bonds. The first-order chi connectivity index (χ1) is 12.7. The molecule has 1 atom stereocenters. The van der Waals surface area contributed by atoms with Crippen LogP contribution in [0, 0.1) is 0 Å². The minimum Gasteiger partial charge on any atom is -0.506 e. The Bertz CT molecular complexity index is 1050. The topological polar surface area (TPSA) is 70.9 Å². The number of anilines is 1. The maximum atomic E-state index is 9.69. The van der Waals surface area contributed by atoms with Gasteiger partial charge in [0.15, 0.2) is 0 Å². The molecule has 0 fully saturated rings. The van der Waals surface area contributed by atoms with Crippen molar-refractivity contribution in [3.63, 3.8) is 0 Å². The van der Waals surface area contributed by atoms with E-state index < -0.39 is 0 Å². The van der Waals surface area contributed by atoms with Crippen molar-refractivity contribution in [2.45, 2.75) is 13.0 Å². The zero-order valence-corrected chi connectivity index (χ0v) is 14.3. The van der Waals surface area contributed by atoms with Crippen LogP contribution >= 0.6 is 0 Å². The molecule has 2 heterocycles. The predicted molar refractivity (Wildman–Crippen MR) is 103 cm³/mol. The van der Waals surface area contributed by atoms with Crippen molar-refractivity contribution in [1.82, 2.24) is 15.0 Å². The monoisotopic (exact) mass is 342 g/mol. The average Bonchev–Trinajstić information content (AvgIpc) is 2.68. The fourth-order valence-corrected chi connectivity index (χ4v) is 2.97. The van der Waals surface area contributed by atoms with Crippen LogP contribution in [0.4, 0.5) is 5.82 Å². The number of hydrogen-bond donors (Lipinski definition) is 2. The molecule has 0 saturated heterocycles. The van der Waals surface area contributed by atoms with E-state index >= 15 is 0 Å². The third-order valence-corrected chi connectivity index (χ3v) is 4.35. The van der Waals surface area contributed by atoms with Crippen LogP contribution in [0.2, 0.25) is 0 Å². The van der Waals surface area contributed by atoms with E-state index in [0.29, 0.717) is 0 Å². The molecule has 4 rings (SSSR count). The van der Waals surface area contributed by atoms with E-state index in [1.165, 1.54) is 11.8 Å². The Balaban J connectivity index is 1.74. The van der Waals surface area contributed by atoms with E-state index in [1.54, 1.807) is 18.6 Å². The number of pyridine rings is 1. The van der Waals surface area contributed by atoms with Crippen LogP contribution in [-0.2, 0) is 0 Å². The summed E-state index contributed by atoms with van der Waals surface area (Å²) in [6.45, 7) is 2.10. The number of aromatic nitrogens is 3. The summed E-state index contributed by atoms with van der Waals surface area (Å²) < 4.78 is 0. The lowest BCUT2D eigenvalue weighted by atomic mass is 10.0. The van der Waals surface area contributed by atoms with E-state index in [-0.39, 0.29) is 11.8 Å². The number of aromatic hydroxyl groups is 1. The second-order valence-electron chi connectivity index (χ2n) is 6.16. The van der Waals surface area contributed by atoms with Gasteiger partial charge in [0.2, 0.25) is 0 Å². The number of benzene rings is 2. The number of nitrogens with one attached hydrogen (secondary N) is 1. The molecule has 0 spiro atoms. The molecular weight excluding hydrogens is 324 g/mol. The van der Waals surface area contributed by atoms with Crippen LogP contribution in [0.3, 0.4) is 0 Å². The largest absolute Gasteiger partial charge is 0.506 e. The third kappa shape index (κ3) is 3.19. The highest BCUT2D eigenvalue weighted by molar-refractivity contribution is 5.92. The highest BCUT2D eigenvalue weighted by Crippen LogP contribution is 2.29. The predicted octanol–water partition coefficient (Wildman–Crippen LogP) is 4.57. The standard InChI is InChI=1S/C21H18N4O/c1-14(15-5-3-2-4-6-15)25-21-19-10-16(7-8-20(19)23-13-24-21)17-9-18(26)12-22-11-17/h2-14,26H,1H3,(H,23,24,25). The fourth-order valence-electron chi connectivity index (χ4n) is 2.97. The molecule has 0 bridgehead atoms. The normalized spacial score (nSPS) is 12.0. The summed E-state index contributed by atoms with van der Waals surface area (Å²) >= 11 is 0. The Morgan fingerprint density at radius 3 is 2.58 bits per heavy atom. The number of hydrogen-bond acceptors (Lipinski definition) is 5. The van der Waals surface area contributed by atoms with Gasteiger partial charge in [-0.15, -0.1) is 0 Å². The van der Waals surface area contributed by atoms with Gasteiger partial charge in [-0.05, 0) is 36.2 Å². The molecule has 26 heavy (non-hydrogen) atoms. The van der Waals surface area contributed by atoms with Gasteiger partial charge in [-0.2, -0.15) is 0 Å². The van der Waals surface area contributed by atoms with Gasteiger partial charge in [0.1, 0.15) is 17.9 Å². The maximum absolute atomic E-state index is 9.69. The molecule has 0 aliphatic carbocycles. The lowest BCUT2D eigenvalue weighted by molar-refractivity contribution is 0.473. The first-order valence-corrected chi connectivity index (χ1v) is 8.41. The molecule has 0 saturated carbocycles. The Morgan fingerprint density at radius 2 is 1.77 bits per heavy atom. The molecule has 2 aromatic heterocycles. The minimum atomic E-state index is 0.111. The zero-order valence-electron chi connectivity index (χ0n) is 14.3.